The second-order valence-electron chi connectivity index (χ2n) is 23.4. The molecule has 0 bridgehead atoms. The molecule has 0 radical (unpaired) electrons. The van der Waals surface area contributed by atoms with Gasteiger partial charge >= 0.3 is 17.9 Å². The maximum Gasteiger partial charge on any atom is 0.358 e. The van der Waals surface area contributed by atoms with E-state index in [9.17, 15) is 79.4 Å². The molecule has 0 spiro atoms. The Bertz CT molecular complexity index is 4780. The van der Waals surface area contributed by atoms with Gasteiger partial charge in [0.2, 0.25) is 16.3 Å². The molecule has 6 aromatic carbocycles. The van der Waals surface area contributed by atoms with Crippen LogP contribution in [0.4, 0.5) is 26.3 Å². The van der Waals surface area contributed by atoms with Gasteiger partial charge in [-0.3, -0.25) is 28.8 Å². The normalized spacial score (nSPS) is 11.3. The van der Waals surface area contributed by atoms with Gasteiger partial charge in [0.25, 0.3) is 0 Å². The number of halogens is 6. The number of hydrogen-bond donors (Lipinski definition) is 1. The van der Waals surface area contributed by atoms with E-state index in [1.54, 1.807) is 85.8 Å². The van der Waals surface area contributed by atoms with Gasteiger partial charge < -0.3 is 56.8 Å². The van der Waals surface area contributed by atoms with E-state index in [-0.39, 0.29) is 146 Å². The molecule has 105 heavy (non-hydrogen) atoms. The lowest BCUT2D eigenvalue weighted by molar-refractivity contribution is -0.108. The molecule has 2 atom stereocenters. The topological polar surface area (TPSA) is 270 Å². The molecule has 0 saturated carbocycles. The smallest absolute Gasteiger partial charge is 0.358 e. The summed E-state index contributed by atoms with van der Waals surface area (Å²) in [5.41, 5.74) is -1.48. The van der Waals surface area contributed by atoms with Crippen LogP contribution in [0.1, 0.15) is 129 Å². The number of pyridine rings is 3. The van der Waals surface area contributed by atoms with Crippen LogP contribution in [0.15, 0.2) is 179 Å². The molecule has 0 saturated heterocycles. The molecular weight excluding hydrogens is 1380 g/mol. The van der Waals surface area contributed by atoms with Crippen molar-refractivity contribution in [3.63, 3.8) is 0 Å². The number of aliphatic hydroxyl groups excluding tert-OH is 1. The summed E-state index contributed by atoms with van der Waals surface area (Å²) in [5.74, 6) is -10.2. The average Bonchev–Trinajstić information content (AvgIpc) is 0.791. The van der Waals surface area contributed by atoms with E-state index in [2.05, 4.69) is 0 Å². The molecule has 3 aromatic heterocycles. The third-order valence-corrected chi connectivity index (χ3v) is 15.9. The molecular formula is C78H73F6N3O18. The molecule has 3 heterocycles. The Morgan fingerprint density at radius 1 is 0.429 bits per heavy atom. The first-order chi connectivity index (χ1) is 50.3. The van der Waals surface area contributed by atoms with Crippen LogP contribution >= 0.6 is 0 Å². The van der Waals surface area contributed by atoms with Crippen LogP contribution < -0.4 is 30.5 Å². The molecule has 0 aliphatic heterocycles. The van der Waals surface area contributed by atoms with Crippen molar-refractivity contribution in [2.24, 2.45) is 0 Å². The number of hydrogen-bond acceptors (Lipinski definition) is 18. The predicted octanol–water partition coefficient (Wildman–Crippen LogP) is 11.5. The first-order valence-corrected chi connectivity index (χ1v) is 32.4. The Balaban J connectivity index is 0.000000220. The molecule has 1 N–H and O–H groups in total. The maximum absolute atomic E-state index is 14.0. The van der Waals surface area contributed by atoms with Gasteiger partial charge in [0, 0.05) is 76.3 Å². The van der Waals surface area contributed by atoms with Crippen LogP contribution in [0.25, 0.3) is 0 Å². The standard InChI is InChI=1S/C27H27F2NO6.C26H25F2NO6.C25H21F2NO6/c1-17(34-2)14-30-15-21(23(31)12-10-19-9-11-20(28)13-22(19)29)25(32)26(24(30)27(33)35-3)36-16-18-7-5-4-6-8-18;1-16(30)13-29-14-20(22(31)11-9-18-8-10-19(27)12-21(18)28)24(32)25(23(29)26(33)34-2)35-15-17-6-4-3-5-7-17;1-33-25(32)22-24(34-15-16-5-3-2-4-6-16)23(31)19(14-28(22)11-12-29)21(30)10-8-17-7-9-18(26)13-20(17)27/h4-9,11,13,15,17H,10,12,14,16H2,1-3H3;3-8,10,12,14,16,30H,9,11,13,15H2,1-2H3;2-7,9,12-14H,8,10-11,15H2,1H3. The van der Waals surface area contributed by atoms with Crippen LogP contribution in [0.2, 0.25) is 0 Å². The van der Waals surface area contributed by atoms with Crippen LogP contribution in [0.3, 0.4) is 0 Å². The lowest BCUT2D eigenvalue weighted by Gasteiger charge is -2.20. The van der Waals surface area contributed by atoms with E-state index in [0.29, 0.717) is 23.5 Å². The van der Waals surface area contributed by atoms with E-state index in [0.717, 1.165) is 60.9 Å². The molecule has 27 heteroatoms. The SMILES string of the molecule is COC(=O)c1c(OCc2ccccc2)c(=O)c(C(=O)CCc2ccc(F)cc2F)cn1CC(C)O.COC(=O)c1c(OCc2ccccc2)c(=O)c(C(=O)CCc2ccc(F)cc2F)cn1CC(C)OC.COC(=O)c1c(OCc2ccccc2)c(=O)c(C(=O)CCc2ccc(F)cc2F)cn1CC=O. The maximum atomic E-state index is 14.0. The number of carbonyl (C=O) groups is 7. The van der Waals surface area contributed by atoms with Crippen molar-refractivity contribution in [2.75, 3.05) is 28.4 Å². The lowest BCUT2D eigenvalue weighted by atomic mass is 10.0. The molecule has 550 valence electrons. The number of aromatic nitrogens is 3. The van der Waals surface area contributed by atoms with Gasteiger partial charge in [-0.25, -0.2) is 40.7 Å². The molecule has 9 rings (SSSR count). The molecule has 0 amide bonds. The zero-order chi connectivity index (χ0) is 76.4. The van der Waals surface area contributed by atoms with Gasteiger partial charge in [-0.15, -0.1) is 0 Å². The number of methoxy groups -OCH3 is 4. The van der Waals surface area contributed by atoms with Crippen LogP contribution in [0.5, 0.6) is 17.2 Å². The molecule has 0 aliphatic carbocycles. The predicted molar refractivity (Wildman–Crippen MR) is 370 cm³/mol. The molecule has 2 unspecified atom stereocenters. The largest absolute Gasteiger partial charge is 0.482 e. The lowest BCUT2D eigenvalue weighted by Crippen LogP contribution is -2.29. The minimum absolute atomic E-state index is 0.0294. The number of Topliss-reactive ketones (excluding diaryl/α,β-unsaturated/α-hetero) is 3. The van der Waals surface area contributed by atoms with E-state index in [1.807, 2.05) is 12.1 Å². The van der Waals surface area contributed by atoms with E-state index in [1.165, 1.54) is 60.9 Å². The third kappa shape index (κ3) is 22.1. The van der Waals surface area contributed by atoms with Crippen molar-refractivity contribution >= 4 is 41.5 Å². The summed E-state index contributed by atoms with van der Waals surface area (Å²) in [7, 11) is 4.90. The monoisotopic (exact) mass is 1450 g/mol. The third-order valence-electron chi connectivity index (χ3n) is 15.9. The highest BCUT2D eigenvalue weighted by Crippen LogP contribution is 2.26. The highest BCUT2D eigenvalue weighted by Gasteiger charge is 2.31. The number of ketones is 3. The van der Waals surface area contributed by atoms with E-state index < -0.39 is 98.3 Å². The van der Waals surface area contributed by atoms with Crippen molar-refractivity contribution in [1.82, 2.24) is 13.7 Å². The first kappa shape index (κ1) is 80.5. The minimum Gasteiger partial charge on any atom is -0.482 e. The van der Waals surface area contributed by atoms with Crippen molar-refractivity contribution in [3.8, 4) is 17.2 Å². The molecule has 9 aromatic rings. The second kappa shape index (κ2) is 39.0. The molecule has 21 nitrogen and oxygen atoms in total. The number of benzene rings is 6. The zero-order valence-corrected chi connectivity index (χ0v) is 57.8. The Morgan fingerprint density at radius 3 is 1.00 bits per heavy atom. The molecule has 0 aliphatic rings. The number of aryl methyl sites for hydroxylation is 3. The fourth-order valence-corrected chi connectivity index (χ4v) is 10.5. The Kier molecular flexibility index (Phi) is 29.9. The van der Waals surface area contributed by atoms with Crippen molar-refractivity contribution in [2.45, 2.75) is 104 Å². The van der Waals surface area contributed by atoms with E-state index in [4.69, 9.17) is 33.2 Å². The summed E-state index contributed by atoms with van der Waals surface area (Å²) in [6.07, 6.45) is 1.76. The second-order valence-corrected chi connectivity index (χ2v) is 23.4. The number of ether oxygens (including phenoxy) is 7. The van der Waals surface area contributed by atoms with Crippen LogP contribution in [-0.2, 0) is 82.5 Å². The quantitative estimate of drug-likeness (QED) is 0.0139. The Morgan fingerprint density at radius 2 is 0.724 bits per heavy atom. The van der Waals surface area contributed by atoms with Gasteiger partial charge in [-0.2, -0.15) is 0 Å². The summed E-state index contributed by atoms with van der Waals surface area (Å²) in [5, 5.41) is 9.94. The van der Waals surface area contributed by atoms with Crippen LogP contribution in [-0.4, -0.2) is 101 Å². The number of aldehydes is 1. The Labute approximate surface area is 597 Å². The number of rotatable bonds is 31. The number of aliphatic hydroxyl groups is 1. The summed E-state index contributed by atoms with van der Waals surface area (Å²) in [6, 6.07) is 35.8. The number of esters is 3. The summed E-state index contributed by atoms with van der Waals surface area (Å²) in [6.45, 7) is 2.70. The van der Waals surface area contributed by atoms with Crippen molar-refractivity contribution in [3.05, 3.63) is 297 Å². The Hall–Kier alpha value is -11.8. The van der Waals surface area contributed by atoms with E-state index >= 15 is 0 Å². The fourth-order valence-electron chi connectivity index (χ4n) is 10.5. The van der Waals surface area contributed by atoms with Gasteiger partial charge in [-0.1, -0.05) is 109 Å². The summed E-state index contributed by atoms with van der Waals surface area (Å²) in [4.78, 5) is 128. The average molecular weight is 1450 g/mol. The zero-order valence-electron chi connectivity index (χ0n) is 57.8. The van der Waals surface area contributed by atoms with Gasteiger partial charge in [-0.05, 0) is 84.7 Å². The highest BCUT2D eigenvalue weighted by atomic mass is 19.2. The van der Waals surface area contributed by atoms with Gasteiger partial charge in [0.15, 0.2) is 51.7 Å². The van der Waals surface area contributed by atoms with Gasteiger partial charge in [0.05, 0.1) is 56.8 Å². The van der Waals surface area contributed by atoms with Crippen LogP contribution in [0, 0.1) is 34.9 Å². The number of carbonyl (C=O) groups excluding carboxylic acids is 7. The first-order valence-electron chi connectivity index (χ1n) is 32.4. The molecule has 0 fully saturated rings. The van der Waals surface area contributed by atoms with Crippen molar-refractivity contribution < 1.29 is 98.2 Å². The highest BCUT2D eigenvalue weighted by molar-refractivity contribution is 6.00. The van der Waals surface area contributed by atoms with Gasteiger partial charge in [0.1, 0.15) is 61.0 Å². The summed E-state index contributed by atoms with van der Waals surface area (Å²) < 4.78 is 122. The minimum atomic E-state index is -0.931. The number of nitrogens with zero attached hydrogens (tertiary/aromatic N) is 3. The summed E-state index contributed by atoms with van der Waals surface area (Å²) >= 11 is 0. The fraction of sp³-hybridized carbons (Fsp3) is 0.256. The van der Waals surface area contributed by atoms with Crippen molar-refractivity contribution in [1.29, 1.82) is 0 Å².